The van der Waals surface area contributed by atoms with Crippen molar-refractivity contribution in [3.8, 4) is 0 Å². The number of nitrogens with zero attached hydrogens (tertiary/aromatic N) is 5. The Balaban J connectivity index is 1.15. The minimum absolute atomic E-state index is 0.0465. The molecule has 7 heteroatoms. The molecule has 2 aromatic rings. The third-order valence-corrected chi connectivity index (χ3v) is 6.11. The minimum atomic E-state index is 0.0465. The lowest BCUT2D eigenvalue weighted by Crippen LogP contribution is -2.64. The number of fused-ring (bicyclic) bond motifs is 1. The molecule has 2 fully saturated rings. The second kappa shape index (κ2) is 6.96. The zero-order chi connectivity index (χ0) is 18.2. The van der Waals surface area contributed by atoms with Gasteiger partial charge in [0.2, 0.25) is 0 Å². The van der Waals surface area contributed by atoms with Gasteiger partial charge in [-0.1, -0.05) is 11.2 Å². The summed E-state index contributed by atoms with van der Waals surface area (Å²) in [5.74, 6) is 2.02. The zero-order valence-corrected chi connectivity index (χ0v) is 15.5. The van der Waals surface area contributed by atoms with Gasteiger partial charge in [0.25, 0.3) is 5.91 Å². The first-order chi connectivity index (χ1) is 13.3. The highest BCUT2D eigenvalue weighted by atomic mass is 16.5. The Morgan fingerprint density at radius 1 is 1.07 bits per heavy atom. The van der Waals surface area contributed by atoms with Crippen LogP contribution in [0, 0.1) is 0 Å². The van der Waals surface area contributed by atoms with Crippen LogP contribution in [0.3, 0.4) is 0 Å². The van der Waals surface area contributed by atoms with Crippen molar-refractivity contribution in [2.75, 3.05) is 44.2 Å². The summed E-state index contributed by atoms with van der Waals surface area (Å²) >= 11 is 0. The fourth-order valence-corrected chi connectivity index (χ4v) is 4.41. The van der Waals surface area contributed by atoms with E-state index in [1.807, 2.05) is 23.2 Å². The Labute approximate surface area is 158 Å². The third kappa shape index (κ3) is 3.10. The summed E-state index contributed by atoms with van der Waals surface area (Å²) in [5.41, 5.74) is 1.61. The SMILES string of the molecule is O=C(c1noc2c1CCCC2)N1CC(N2CCN(c3ccccn3)CC2)C1. The Bertz CT molecular complexity index is 807. The molecule has 0 aromatic carbocycles. The fourth-order valence-electron chi connectivity index (χ4n) is 4.41. The van der Waals surface area contributed by atoms with Crippen LogP contribution in [0.25, 0.3) is 0 Å². The van der Waals surface area contributed by atoms with Crippen LogP contribution in [-0.2, 0) is 12.8 Å². The molecule has 0 radical (unpaired) electrons. The molecule has 0 N–H and O–H groups in total. The van der Waals surface area contributed by atoms with Crippen molar-refractivity contribution in [2.45, 2.75) is 31.7 Å². The molecular weight excluding hydrogens is 342 g/mol. The van der Waals surface area contributed by atoms with Gasteiger partial charge in [-0.15, -0.1) is 0 Å². The first-order valence-corrected chi connectivity index (χ1v) is 9.96. The number of likely N-dealkylation sites (tertiary alicyclic amines) is 1. The van der Waals surface area contributed by atoms with Crippen molar-refractivity contribution in [1.82, 2.24) is 19.9 Å². The Hall–Kier alpha value is -2.41. The van der Waals surface area contributed by atoms with Crippen molar-refractivity contribution >= 4 is 11.7 Å². The largest absolute Gasteiger partial charge is 0.360 e. The number of amides is 1. The van der Waals surface area contributed by atoms with E-state index in [2.05, 4.69) is 26.0 Å². The molecule has 0 atom stereocenters. The topological polar surface area (TPSA) is 65.7 Å². The van der Waals surface area contributed by atoms with Crippen molar-refractivity contribution < 1.29 is 9.32 Å². The summed E-state index contributed by atoms with van der Waals surface area (Å²) in [6.45, 7) is 5.59. The van der Waals surface area contributed by atoms with Crippen molar-refractivity contribution in [3.05, 3.63) is 41.4 Å². The number of anilines is 1. The molecule has 0 saturated carbocycles. The number of aryl methyl sites for hydroxylation is 1. The summed E-state index contributed by atoms with van der Waals surface area (Å²) in [6.07, 6.45) is 5.94. The number of carbonyl (C=O) groups excluding carboxylic acids is 1. The van der Waals surface area contributed by atoms with E-state index in [-0.39, 0.29) is 5.91 Å². The highest BCUT2D eigenvalue weighted by Gasteiger charge is 2.38. The summed E-state index contributed by atoms with van der Waals surface area (Å²) in [7, 11) is 0. The first-order valence-electron chi connectivity index (χ1n) is 9.96. The Morgan fingerprint density at radius 3 is 2.67 bits per heavy atom. The number of aromatic nitrogens is 2. The Morgan fingerprint density at radius 2 is 1.89 bits per heavy atom. The number of hydrogen-bond donors (Lipinski definition) is 0. The number of rotatable bonds is 3. The molecule has 27 heavy (non-hydrogen) atoms. The summed E-state index contributed by atoms with van der Waals surface area (Å²) in [5, 5.41) is 4.09. The monoisotopic (exact) mass is 367 g/mol. The van der Waals surface area contributed by atoms with E-state index in [1.54, 1.807) is 0 Å². The van der Waals surface area contributed by atoms with E-state index in [4.69, 9.17) is 4.52 Å². The third-order valence-electron chi connectivity index (χ3n) is 6.11. The average Bonchev–Trinajstić information content (AvgIpc) is 3.12. The zero-order valence-electron chi connectivity index (χ0n) is 15.5. The number of pyridine rings is 1. The van der Waals surface area contributed by atoms with Crippen molar-refractivity contribution in [3.63, 3.8) is 0 Å². The lowest BCUT2D eigenvalue weighted by atomic mass is 9.95. The average molecular weight is 367 g/mol. The highest BCUT2D eigenvalue weighted by Crippen LogP contribution is 2.27. The number of carbonyl (C=O) groups is 1. The van der Waals surface area contributed by atoms with Crippen molar-refractivity contribution in [1.29, 1.82) is 0 Å². The summed E-state index contributed by atoms with van der Waals surface area (Å²) in [6, 6.07) is 6.51. The quantitative estimate of drug-likeness (QED) is 0.821. The number of piperazine rings is 1. The molecule has 7 nitrogen and oxygen atoms in total. The van der Waals surface area contributed by atoms with Gasteiger partial charge in [-0.25, -0.2) is 4.98 Å². The molecule has 2 saturated heterocycles. The Kier molecular flexibility index (Phi) is 4.32. The maximum Gasteiger partial charge on any atom is 0.276 e. The maximum absolute atomic E-state index is 12.8. The number of hydrogen-bond acceptors (Lipinski definition) is 6. The van der Waals surface area contributed by atoms with Crippen LogP contribution in [0.2, 0.25) is 0 Å². The molecule has 0 spiro atoms. The van der Waals surface area contributed by atoms with Gasteiger partial charge in [0.1, 0.15) is 11.6 Å². The molecule has 2 aliphatic heterocycles. The van der Waals surface area contributed by atoms with Crippen LogP contribution >= 0.6 is 0 Å². The van der Waals surface area contributed by atoms with E-state index in [9.17, 15) is 4.79 Å². The lowest BCUT2D eigenvalue weighted by Gasteiger charge is -2.48. The van der Waals surface area contributed by atoms with Crippen molar-refractivity contribution in [2.24, 2.45) is 0 Å². The van der Waals surface area contributed by atoms with E-state index < -0.39 is 0 Å². The van der Waals surface area contributed by atoms with Crippen LogP contribution in [0.15, 0.2) is 28.9 Å². The second-order valence-corrected chi connectivity index (χ2v) is 7.71. The van der Waals surface area contributed by atoms with E-state index in [0.29, 0.717) is 11.7 Å². The summed E-state index contributed by atoms with van der Waals surface area (Å²) in [4.78, 5) is 24.0. The van der Waals surface area contributed by atoms with Crippen LogP contribution in [0.5, 0.6) is 0 Å². The van der Waals surface area contributed by atoms with Gasteiger partial charge in [-0.05, 0) is 31.4 Å². The van der Waals surface area contributed by atoms with E-state index >= 15 is 0 Å². The smallest absolute Gasteiger partial charge is 0.276 e. The molecule has 4 heterocycles. The molecular formula is C20H25N5O2. The predicted octanol–water partition coefficient (Wildman–Crippen LogP) is 1.59. The van der Waals surface area contributed by atoms with E-state index in [1.165, 1.54) is 0 Å². The van der Waals surface area contributed by atoms with E-state index in [0.717, 1.165) is 82.1 Å². The standard InChI is InChI=1S/C20H25N5O2/c26-20(19-16-5-1-2-6-17(16)27-22-19)25-13-15(14-25)23-9-11-24(12-10-23)18-7-3-4-8-21-18/h3-4,7-8,15H,1-2,5-6,9-14H2. The van der Waals surface area contributed by atoms with Crippen LogP contribution in [0.1, 0.15) is 34.7 Å². The van der Waals surface area contributed by atoms with Gasteiger partial charge >= 0.3 is 0 Å². The molecule has 5 rings (SSSR count). The first kappa shape index (κ1) is 16.7. The fraction of sp³-hybridized carbons (Fsp3) is 0.550. The molecule has 1 amide bonds. The van der Waals surface area contributed by atoms with Gasteiger partial charge in [-0.3, -0.25) is 9.69 Å². The molecule has 0 bridgehead atoms. The highest BCUT2D eigenvalue weighted by molar-refractivity contribution is 5.94. The van der Waals surface area contributed by atoms with Gasteiger partial charge in [-0.2, -0.15) is 0 Å². The second-order valence-electron chi connectivity index (χ2n) is 7.71. The molecule has 2 aromatic heterocycles. The minimum Gasteiger partial charge on any atom is -0.360 e. The van der Waals surface area contributed by atoms with Gasteiger partial charge in [0.15, 0.2) is 5.69 Å². The molecule has 1 aliphatic carbocycles. The van der Waals surface area contributed by atoms with Crippen LogP contribution in [-0.4, -0.2) is 71.2 Å². The summed E-state index contributed by atoms with van der Waals surface area (Å²) < 4.78 is 5.40. The normalized spacial score (nSPS) is 21.0. The predicted molar refractivity (Wildman–Crippen MR) is 101 cm³/mol. The lowest BCUT2D eigenvalue weighted by molar-refractivity contribution is 0.0238. The van der Waals surface area contributed by atoms with Gasteiger partial charge < -0.3 is 14.3 Å². The van der Waals surface area contributed by atoms with Crippen LogP contribution in [0.4, 0.5) is 5.82 Å². The maximum atomic E-state index is 12.8. The molecule has 3 aliphatic rings. The van der Waals surface area contributed by atoms with Gasteiger partial charge in [0, 0.05) is 63.5 Å². The molecule has 142 valence electrons. The van der Waals surface area contributed by atoms with Gasteiger partial charge in [0.05, 0.1) is 0 Å². The van der Waals surface area contributed by atoms with Crippen LogP contribution < -0.4 is 4.90 Å². The molecule has 0 unspecified atom stereocenters.